The molecule has 1 aromatic heterocycles. The van der Waals surface area contributed by atoms with Crippen molar-refractivity contribution < 1.29 is 0 Å². The number of aliphatic imine (C=N–C) groups is 2. The van der Waals surface area contributed by atoms with Crippen molar-refractivity contribution in [1.29, 1.82) is 0 Å². The minimum atomic E-state index is 0.487. The normalized spacial score (nSPS) is 12.4. The van der Waals surface area contributed by atoms with E-state index in [4.69, 9.17) is 4.99 Å². The molecule has 0 bridgehead atoms. The van der Waals surface area contributed by atoms with Crippen LogP contribution in [0, 0.1) is 6.92 Å². The van der Waals surface area contributed by atoms with Crippen LogP contribution in [-0.2, 0) is 6.54 Å². The second kappa shape index (κ2) is 15.3. The highest BCUT2D eigenvalue weighted by Gasteiger charge is 2.13. The van der Waals surface area contributed by atoms with Crippen LogP contribution < -0.4 is 0 Å². The van der Waals surface area contributed by atoms with Crippen molar-refractivity contribution in [3.8, 4) is 11.1 Å². The van der Waals surface area contributed by atoms with E-state index in [-0.39, 0.29) is 0 Å². The van der Waals surface area contributed by atoms with Crippen LogP contribution >= 0.6 is 0 Å². The fraction of sp³-hybridized carbons (Fsp3) is 0.0392. The predicted octanol–water partition coefficient (Wildman–Crippen LogP) is 12.9. The van der Waals surface area contributed by atoms with E-state index in [0.29, 0.717) is 6.54 Å². The van der Waals surface area contributed by atoms with Gasteiger partial charge < -0.3 is 0 Å². The summed E-state index contributed by atoms with van der Waals surface area (Å²) in [5, 5.41) is 7.51. The highest BCUT2D eigenvalue weighted by atomic mass is 14.8. The summed E-state index contributed by atoms with van der Waals surface area (Å²) in [6.07, 6.45) is 9.66. The molecule has 0 radical (unpaired) electrons. The van der Waals surface area contributed by atoms with Crippen molar-refractivity contribution in [2.45, 2.75) is 13.5 Å². The number of rotatable bonds is 10. The Balaban J connectivity index is 1.26. The Labute approximate surface area is 316 Å². The van der Waals surface area contributed by atoms with Gasteiger partial charge in [0.15, 0.2) is 0 Å². The molecule has 0 aliphatic heterocycles. The lowest BCUT2D eigenvalue weighted by molar-refractivity contribution is 1.07. The first-order chi connectivity index (χ1) is 26.6. The maximum Gasteiger partial charge on any atom is 0.0716 e. The van der Waals surface area contributed by atoms with Gasteiger partial charge in [-0.1, -0.05) is 146 Å². The van der Waals surface area contributed by atoms with Crippen LogP contribution in [0.5, 0.6) is 0 Å². The molecule has 1 heterocycles. The van der Waals surface area contributed by atoms with Crippen molar-refractivity contribution in [2.75, 3.05) is 0 Å². The van der Waals surface area contributed by atoms with Crippen LogP contribution in [0.15, 0.2) is 199 Å². The van der Waals surface area contributed by atoms with Crippen LogP contribution in [0.2, 0.25) is 0 Å². The molecule has 0 aliphatic rings. The molecule has 0 atom stereocenters. The first-order valence-electron chi connectivity index (χ1n) is 18.2. The minimum absolute atomic E-state index is 0.487. The summed E-state index contributed by atoms with van der Waals surface area (Å²) < 4.78 is 0. The molecule has 7 aromatic carbocycles. The zero-order valence-electron chi connectivity index (χ0n) is 30.3. The second-order valence-electron chi connectivity index (χ2n) is 13.4. The van der Waals surface area contributed by atoms with E-state index in [1.54, 1.807) is 6.20 Å². The van der Waals surface area contributed by atoms with Gasteiger partial charge in [0.25, 0.3) is 0 Å². The number of hydrogen-bond donors (Lipinski definition) is 0. The van der Waals surface area contributed by atoms with Crippen LogP contribution in [0.4, 0.5) is 0 Å². The van der Waals surface area contributed by atoms with Gasteiger partial charge in [-0.15, -0.1) is 0 Å². The lowest BCUT2D eigenvalue weighted by Gasteiger charge is -2.14. The Morgan fingerprint density at radius 1 is 0.611 bits per heavy atom. The summed E-state index contributed by atoms with van der Waals surface area (Å²) >= 11 is 0. The largest absolute Gasteiger partial charge is 0.280 e. The lowest BCUT2D eigenvalue weighted by Crippen LogP contribution is -2.02. The Morgan fingerprint density at radius 2 is 1.26 bits per heavy atom. The number of benzene rings is 7. The van der Waals surface area contributed by atoms with Gasteiger partial charge in [0.2, 0.25) is 0 Å². The Morgan fingerprint density at radius 3 is 1.96 bits per heavy atom. The third-order valence-corrected chi connectivity index (χ3v) is 10.0. The van der Waals surface area contributed by atoms with E-state index >= 15 is 0 Å². The fourth-order valence-corrected chi connectivity index (χ4v) is 7.37. The summed E-state index contributed by atoms with van der Waals surface area (Å²) in [5.41, 5.74) is 11.3. The van der Waals surface area contributed by atoms with Crippen LogP contribution in [-0.4, -0.2) is 17.4 Å². The summed E-state index contributed by atoms with van der Waals surface area (Å²) in [5.74, 6) is 0. The van der Waals surface area contributed by atoms with Gasteiger partial charge >= 0.3 is 0 Å². The number of nitrogens with zero attached hydrogens (tertiary/aromatic N) is 3. The molecular weight excluding hydrogens is 655 g/mol. The number of aryl methyl sites for hydroxylation is 1. The quantitative estimate of drug-likeness (QED) is 0.0798. The Hall–Kier alpha value is -6.97. The molecular formula is C51H39N3. The fourth-order valence-electron chi connectivity index (χ4n) is 7.37. The van der Waals surface area contributed by atoms with Crippen LogP contribution in [0.3, 0.4) is 0 Å². The number of pyridine rings is 1. The topological polar surface area (TPSA) is 37.6 Å². The summed E-state index contributed by atoms with van der Waals surface area (Å²) in [6.45, 7) is 10.7. The van der Waals surface area contributed by atoms with Crippen molar-refractivity contribution in [3.05, 3.63) is 222 Å². The Bertz CT molecular complexity index is 2750. The van der Waals surface area contributed by atoms with Gasteiger partial charge in [-0.3, -0.25) is 15.0 Å². The molecule has 3 heteroatoms. The van der Waals surface area contributed by atoms with Gasteiger partial charge in [-0.25, -0.2) is 0 Å². The minimum Gasteiger partial charge on any atom is -0.280 e. The second-order valence-corrected chi connectivity index (χ2v) is 13.4. The maximum atomic E-state index is 5.35. The molecule has 0 unspecified atom stereocenters. The van der Waals surface area contributed by atoms with E-state index in [0.717, 1.165) is 50.4 Å². The maximum absolute atomic E-state index is 5.35. The number of hydrogen-bond acceptors (Lipinski definition) is 3. The molecule has 0 amide bonds. The summed E-state index contributed by atoms with van der Waals surface area (Å²) in [4.78, 5) is 14.2. The van der Waals surface area contributed by atoms with Crippen molar-refractivity contribution in [3.63, 3.8) is 0 Å². The van der Waals surface area contributed by atoms with Gasteiger partial charge in [0.1, 0.15) is 0 Å². The molecule has 0 N–H and O–H groups in total. The number of aromatic nitrogens is 1. The zero-order chi connectivity index (χ0) is 36.9. The predicted molar refractivity (Wildman–Crippen MR) is 231 cm³/mol. The van der Waals surface area contributed by atoms with Gasteiger partial charge in [0, 0.05) is 29.1 Å². The van der Waals surface area contributed by atoms with E-state index in [2.05, 4.69) is 182 Å². The van der Waals surface area contributed by atoms with Crippen LogP contribution in [0.25, 0.3) is 54.7 Å². The third-order valence-electron chi connectivity index (χ3n) is 10.0. The summed E-state index contributed by atoms with van der Waals surface area (Å²) in [7, 11) is 0. The smallest absolute Gasteiger partial charge is 0.0716 e. The first-order valence-corrected chi connectivity index (χ1v) is 18.2. The standard InChI is InChI=1S/C51H39N3/c1-4-14-43(42-21-6-5-15-35(42)2)38-17-12-19-40(31-38)51(32-50(52-3)39-18-11-16-37(30-39)41-20-13-28-53-34-41)54-33-36-26-27-48-46-24-8-7-22-44(46)45-23-9-10-25-47(45)49(48)29-36/h4-32,34H,1,3,33H2,2H3/b43-14-,50-32-,54-51?. The first kappa shape index (κ1) is 34.1. The van der Waals surface area contributed by atoms with E-state index in [1.165, 1.54) is 43.4 Å². The average molecular weight is 694 g/mol. The molecule has 8 aromatic rings. The molecule has 54 heavy (non-hydrogen) atoms. The number of allylic oxidation sites excluding steroid dienone is 3. The lowest BCUT2D eigenvalue weighted by atomic mass is 9.92. The van der Waals surface area contributed by atoms with E-state index in [1.807, 2.05) is 24.4 Å². The highest BCUT2D eigenvalue weighted by Crippen LogP contribution is 2.36. The molecule has 3 nitrogen and oxygen atoms in total. The van der Waals surface area contributed by atoms with Crippen LogP contribution in [0.1, 0.15) is 33.4 Å². The number of fused-ring (bicyclic) bond motifs is 6. The molecule has 258 valence electrons. The van der Waals surface area contributed by atoms with E-state index in [9.17, 15) is 0 Å². The van der Waals surface area contributed by atoms with Gasteiger partial charge in [-0.2, -0.15) is 0 Å². The third kappa shape index (κ3) is 6.83. The van der Waals surface area contributed by atoms with Crippen molar-refractivity contribution in [1.82, 2.24) is 4.98 Å². The Kier molecular flexibility index (Phi) is 9.69. The SMILES string of the molecule is C=C/C=C(/c1cccc(C(/C=C(\N=C)c2cccc(-c3cccnc3)c2)=NCc2ccc3c4ccccc4c4ccccc4c3c2)c1)c1ccccc1C. The average Bonchev–Trinajstić information content (AvgIpc) is 3.23. The highest BCUT2D eigenvalue weighted by molar-refractivity contribution is 6.25. The zero-order valence-corrected chi connectivity index (χ0v) is 30.3. The monoisotopic (exact) mass is 693 g/mol. The van der Waals surface area contributed by atoms with Crippen molar-refractivity contribution >= 4 is 56.0 Å². The molecule has 0 saturated heterocycles. The van der Waals surface area contributed by atoms with Crippen molar-refractivity contribution in [2.24, 2.45) is 9.98 Å². The molecule has 8 rings (SSSR count). The summed E-state index contributed by atoms with van der Waals surface area (Å²) in [6, 6.07) is 53.5. The van der Waals surface area contributed by atoms with E-state index < -0.39 is 0 Å². The molecule has 0 saturated carbocycles. The molecule has 0 fully saturated rings. The van der Waals surface area contributed by atoms with Gasteiger partial charge in [0.05, 0.1) is 18.0 Å². The molecule has 0 aliphatic carbocycles. The van der Waals surface area contributed by atoms with Gasteiger partial charge in [-0.05, 0) is 110 Å². The molecule has 0 spiro atoms.